The monoisotopic (exact) mass is 466 g/mol. The van der Waals surface area contributed by atoms with Crippen molar-refractivity contribution in [3.63, 3.8) is 0 Å². The van der Waals surface area contributed by atoms with E-state index >= 15 is 0 Å². The zero-order valence-corrected chi connectivity index (χ0v) is 19.0. The molecule has 5 atom stereocenters. The van der Waals surface area contributed by atoms with E-state index < -0.39 is 40.8 Å². The Bertz CT molecular complexity index is 906. The highest BCUT2D eigenvalue weighted by Crippen LogP contribution is 2.30. The van der Waals surface area contributed by atoms with Gasteiger partial charge in [-0.2, -0.15) is 8.42 Å². The summed E-state index contributed by atoms with van der Waals surface area (Å²) >= 11 is 0. The van der Waals surface area contributed by atoms with Gasteiger partial charge in [0.25, 0.3) is 10.1 Å². The van der Waals surface area contributed by atoms with Crippen molar-refractivity contribution >= 4 is 10.1 Å². The second-order valence-corrected chi connectivity index (χ2v) is 9.37. The Kier molecular flexibility index (Phi) is 9.18. The Morgan fingerprint density at radius 1 is 0.875 bits per heavy atom. The summed E-state index contributed by atoms with van der Waals surface area (Å²) in [5.74, 6) is -0.303. The molecule has 3 rings (SSSR count). The molecule has 32 heavy (non-hydrogen) atoms. The molecule has 176 valence electrons. The number of methoxy groups -OCH3 is 1. The standard InChI is InChI=1S/C23H30O8S/c1-27-23-22(30-16-18-11-7-4-8-12-18)21(29-15-17-9-5-3-6-10-17)20(24)19(31-23)13-14-32(25,26)28-2/h3-12,19-24H,13-16H2,1-2H3/t19-,20-,21+,22-,23+/m1/s1. The average molecular weight is 467 g/mol. The molecular weight excluding hydrogens is 436 g/mol. The summed E-state index contributed by atoms with van der Waals surface area (Å²) in [6.45, 7) is 0.517. The van der Waals surface area contributed by atoms with Gasteiger partial charge >= 0.3 is 0 Å². The van der Waals surface area contributed by atoms with Gasteiger partial charge in [-0.25, -0.2) is 0 Å². The fourth-order valence-corrected chi connectivity index (χ4v) is 4.25. The third-order valence-corrected chi connectivity index (χ3v) is 6.57. The summed E-state index contributed by atoms with van der Waals surface area (Å²) in [6.07, 6.45) is -4.31. The zero-order valence-electron chi connectivity index (χ0n) is 18.2. The normalized spacial score (nSPS) is 26.2. The van der Waals surface area contributed by atoms with Gasteiger partial charge in [0.15, 0.2) is 6.29 Å². The van der Waals surface area contributed by atoms with Crippen LogP contribution < -0.4 is 0 Å². The number of aliphatic hydroxyl groups is 1. The molecule has 1 aliphatic rings. The van der Waals surface area contributed by atoms with Crippen LogP contribution in [0.15, 0.2) is 60.7 Å². The van der Waals surface area contributed by atoms with Crippen molar-refractivity contribution in [2.24, 2.45) is 0 Å². The van der Waals surface area contributed by atoms with E-state index in [4.69, 9.17) is 18.9 Å². The minimum absolute atomic E-state index is 0.0216. The predicted molar refractivity (Wildman–Crippen MR) is 117 cm³/mol. The summed E-state index contributed by atoms with van der Waals surface area (Å²) in [6, 6.07) is 19.1. The molecule has 1 fully saturated rings. The number of benzene rings is 2. The Morgan fingerprint density at radius 2 is 1.41 bits per heavy atom. The molecule has 2 aromatic rings. The van der Waals surface area contributed by atoms with Gasteiger partial charge in [-0.05, 0) is 17.5 Å². The molecule has 1 heterocycles. The first-order valence-corrected chi connectivity index (χ1v) is 12.0. The highest BCUT2D eigenvalue weighted by molar-refractivity contribution is 7.86. The van der Waals surface area contributed by atoms with Crippen LogP contribution in [0.1, 0.15) is 17.5 Å². The molecule has 0 aromatic heterocycles. The third kappa shape index (κ3) is 6.82. The van der Waals surface area contributed by atoms with E-state index in [1.807, 2.05) is 60.7 Å². The fraction of sp³-hybridized carbons (Fsp3) is 0.478. The maximum atomic E-state index is 11.8. The van der Waals surface area contributed by atoms with Crippen LogP contribution >= 0.6 is 0 Å². The molecule has 0 saturated carbocycles. The van der Waals surface area contributed by atoms with Crippen molar-refractivity contribution in [3.8, 4) is 0 Å². The van der Waals surface area contributed by atoms with Crippen LogP contribution in [0.5, 0.6) is 0 Å². The maximum Gasteiger partial charge on any atom is 0.267 e. The van der Waals surface area contributed by atoms with Crippen molar-refractivity contribution in [1.82, 2.24) is 0 Å². The van der Waals surface area contributed by atoms with Crippen LogP contribution in [0.4, 0.5) is 0 Å². The first kappa shape index (κ1) is 24.8. The van der Waals surface area contributed by atoms with Crippen molar-refractivity contribution in [1.29, 1.82) is 0 Å². The van der Waals surface area contributed by atoms with E-state index in [2.05, 4.69) is 4.18 Å². The van der Waals surface area contributed by atoms with Gasteiger partial charge in [-0.15, -0.1) is 0 Å². The van der Waals surface area contributed by atoms with Crippen LogP contribution in [-0.2, 0) is 46.5 Å². The highest BCUT2D eigenvalue weighted by Gasteiger charge is 2.47. The molecule has 0 aliphatic carbocycles. The molecule has 0 radical (unpaired) electrons. The summed E-state index contributed by atoms with van der Waals surface area (Å²) in [5.41, 5.74) is 1.88. The van der Waals surface area contributed by atoms with Gasteiger partial charge in [0, 0.05) is 7.11 Å². The third-order valence-electron chi connectivity index (χ3n) is 5.33. The summed E-state index contributed by atoms with van der Waals surface area (Å²) in [7, 11) is -1.13. The Balaban J connectivity index is 1.76. The van der Waals surface area contributed by atoms with Gasteiger partial charge in [-0.1, -0.05) is 60.7 Å². The SMILES string of the molecule is CO[C@H]1O[C@H](CCS(=O)(=O)OC)[C@@H](O)[C@H](OCc2ccccc2)[C@H]1OCc1ccccc1. The molecular formula is C23H30O8S. The van der Waals surface area contributed by atoms with Gasteiger partial charge in [-0.3, -0.25) is 4.18 Å². The molecule has 9 heteroatoms. The largest absolute Gasteiger partial charge is 0.388 e. The highest BCUT2D eigenvalue weighted by atomic mass is 32.2. The lowest BCUT2D eigenvalue weighted by Gasteiger charge is -2.43. The Morgan fingerprint density at radius 3 is 1.91 bits per heavy atom. The number of hydrogen-bond donors (Lipinski definition) is 1. The van der Waals surface area contributed by atoms with Crippen molar-refractivity contribution in [3.05, 3.63) is 71.8 Å². The predicted octanol–water partition coefficient (Wildman–Crippen LogP) is 2.26. The molecule has 0 bridgehead atoms. The minimum Gasteiger partial charge on any atom is -0.388 e. The topological polar surface area (TPSA) is 101 Å². The quantitative estimate of drug-likeness (QED) is 0.504. The molecule has 0 spiro atoms. The fourth-order valence-electron chi connectivity index (χ4n) is 3.56. The molecule has 1 N–H and O–H groups in total. The smallest absolute Gasteiger partial charge is 0.267 e. The van der Waals surface area contributed by atoms with Crippen LogP contribution in [-0.4, -0.2) is 64.2 Å². The zero-order chi connectivity index (χ0) is 23.0. The first-order valence-electron chi connectivity index (χ1n) is 10.4. The van der Waals surface area contributed by atoms with E-state index in [0.717, 1.165) is 18.2 Å². The number of ether oxygens (including phenoxy) is 4. The van der Waals surface area contributed by atoms with Gasteiger partial charge < -0.3 is 24.1 Å². The summed E-state index contributed by atoms with van der Waals surface area (Å²) in [4.78, 5) is 0. The van der Waals surface area contributed by atoms with E-state index in [9.17, 15) is 13.5 Å². The molecule has 1 aliphatic heterocycles. The van der Waals surface area contributed by atoms with E-state index in [0.29, 0.717) is 0 Å². The molecule has 8 nitrogen and oxygen atoms in total. The second-order valence-electron chi connectivity index (χ2n) is 7.51. The van der Waals surface area contributed by atoms with Gasteiger partial charge in [0.1, 0.15) is 18.3 Å². The molecule has 0 unspecified atom stereocenters. The lowest BCUT2D eigenvalue weighted by Crippen LogP contribution is -2.60. The molecule has 0 amide bonds. The van der Waals surface area contributed by atoms with Crippen LogP contribution in [0.3, 0.4) is 0 Å². The van der Waals surface area contributed by atoms with Crippen molar-refractivity contribution in [2.75, 3.05) is 20.0 Å². The average Bonchev–Trinajstić information content (AvgIpc) is 2.82. The Labute approximate surface area is 189 Å². The number of aliphatic hydroxyl groups excluding tert-OH is 1. The maximum absolute atomic E-state index is 11.8. The van der Waals surface area contributed by atoms with Crippen LogP contribution in [0, 0.1) is 0 Å². The van der Waals surface area contributed by atoms with Gasteiger partial charge in [0.05, 0.1) is 32.2 Å². The number of hydrogen-bond acceptors (Lipinski definition) is 8. The lowest BCUT2D eigenvalue weighted by atomic mass is 9.96. The van der Waals surface area contributed by atoms with E-state index in [1.54, 1.807) is 0 Å². The first-order chi connectivity index (χ1) is 15.4. The van der Waals surface area contributed by atoms with Crippen LogP contribution in [0.25, 0.3) is 0 Å². The Hall–Kier alpha value is -1.85. The second kappa shape index (κ2) is 11.9. The summed E-state index contributed by atoms with van der Waals surface area (Å²) < 4.78 is 51.6. The van der Waals surface area contributed by atoms with Gasteiger partial charge in [0.2, 0.25) is 0 Å². The molecule has 1 saturated heterocycles. The van der Waals surface area contributed by atoms with Crippen molar-refractivity contribution in [2.45, 2.75) is 50.3 Å². The summed E-state index contributed by atoms with van der Waals surface area (Å²) in [5, 5.41) is 11.0. The number of rotatable bonds is 11. The van der Waals surface area contributed by atoms with Crippen molar-refractivity contribution < 1.29 is 36.7 Å². The minimum atomic E-state index is -3.70. The van der Waals surface area contributed by atoms with Crippen LogP contribution in [0.2, 0.25) is 0 Å². The lowest BCUT2D eigenvalue weighted by molar-refractivity contribution is -0.310. The van der Waals surface area contributed by atoms with E-state index in [-0.39, 0.29) is 25.4 Å². The van der Waals surface area contributed by atoms with E-state index in [1.165, 1.54) is 7.11 Å². The molecule has 2 aromatic carbocycles.